The quantitative estimate of drug-likeness (QED) is 0.863. The van der Waals surface area contributed by atoms with E-state index in [-0.39, 0.29) is 5.91 Å². The number of rotatable bonds is 3. The zero-order valence-electron chi connectivity index (χ0n) is 10.3. The first-order valence-corrected chi connectivity index (χ1v) is 7.41. The van der Waals surface area contributed by atoms with Crippen molar-refractivity contribution in [3.63, 3.8) is 0 Å². The SMILES string of the molecule is O=C1CSc2nnc(CCN3CCCCC3)n2N1. The highest BCUT2D eigenvalue weighted by atomic mass is 32.2. The van der Waals surface area contributed by atoms with Gasteiger partial charge in [0, 0.05) is 13.0 Å². The van der Waals surface area contributed by atoms with Gasteiger partial charge in [-0.05, 0) is 25.9 Å². The van der Waals surface area contributed by atoms with Gasteiger partial charge in [0.2, 0.25) is 11.1 Å². The van der Waals surface area contributed by atoms with E-state index in [1.807, 2.05) is 0 Å². The molecule has 98 valence electrons. The van der Waals surface area contributed by atoms with E-state index in [9.17, 15) is 4.79 Å². The number of amides is 1. The molecule has 0 radical (unpaired) electrons. The number of thioether (sulfide) groups is 1. The number of fused-ring (bicyclic) bond motifs is 1. The molecule has 2 aliphatic rings. The molecule has 0 atom stereocenters. The Labute approximate surface area is 110 Å². The monoisotopic (exact) mass is 267 g/mol. The van der Waals surface area contributed by atoms with Crippen molar-refractivity contribution in [2.45, 2.75) is 30.8 Å². The smallest absolute Gasteiger partial charge is 0.249 e. The maximum Gasteiger partial charge on any atom is 0.249 e. The average molecular weight is 267 g/mol. The van der Waals surface area contributed by atoms with E-state index < -0.39 is 0 Å². The summed E-state index contributed by atoms with van der Waals surface area (Å²) in [5, 5.41) is 9.06. The highest BCUT2D eigenvalue weighted by Gasteiger charge is 2.21. The van der Waals surface area contributed by atoms with Crippen LogP contribution in [0.15, 0.2) is 5.16 Å². The largest absolute Gasteiger partial charge is 0.303 e. The fourth-order valence-corrected chi connectivity index (χ4v) is 3.10. The maximum absolute atomic E-state index is 11.4. The summed E-state index contributed by atoms with van der Waals surface area (Å²) >= 11 is 1.44. The summed E-state index contributed by atoms with van der Waals surface area (Å²) < 4.78 is 1.74. The number of hydrogen-bond donors (Lipinski definition) is 1. The molecule has 6 nitrogen and oxygen atoms in total. The van der Waals surface area contributed by atoms with Gasteiger partial charge in [-0.25, -0.2) is 4.68 Å². The topological polar surface area (TPSA) is 63.1 Å². The van der Waals surface area contributed by atoms with Gasteiger partial charge in [0.25, 0.3) is 0 Å². The van der Waals surface area contributed by atoms with Gasteiger partial charge in [-0.15, -0.1) is 10.2 Å². The predicted octanol–water partition coefficient (Wildman–Crippen LogP) is 0.482. The number of nitrogens with zero attached hydrogens (tertiary/aromatic N) is 4. The highest BCUT2D eigenvalue weighted by Crippen LogP contribution is 2.19. The zero-order valence-corrected chi connectivity index (χ0v) is 11.1. The number of aromatic nitrogens is 3. The fraction of sp³-hybridized carbons (Fsp3) is 0.727. The van der Waals surface area contributed by atoms with Gasteiger partial charge in [-0.1, -0.05) is 18.2 Å². The Kier molecular flexibility index (Phi) is 3.51. The number of carbonyl (C=O) groups is 1. The lowest BCUT2D eigenvalue weighted by Gasteiger charge is -2.26. The molecule has 1 N–H and O–H groups in total. The Morgan fingerprint density at radius 3 is 2.89 bits per heavy atom. The Morgan fingerprint density at radius 2 is 2.06 bits per heavy atom. The zero-order chi connectivity index (χ0) is 12.4. The van der Waals surface area contributed by atoms with E-state index in [1.165, 1.54) is 44.1 Å². The Hall–Kier alpha value is -1.08. The van der Waals surface area contributed by atoms with Crippen molar-refractivity contribution in [2.75, 3.05) is 30.8 Å². The van der Waals surface area contributed by atoms with Crippen molar-refractivity contribution >= 4 is 17.7 Å². The molecule has 1 amide bonds. The van der Waals surface area contributed by atoms with Crippen molar-refractivity contribution in [2.24, 2.45) is 0 Å². The van der Waals surface area contributed by atoms with Crippen molar-refractivity contribution in [3.8, 4) is 0 Å². The van der Waals surface area contributed by atoms with Crippen LogP contribution < -0.4 is 5.43 Å². The predicted molar refractivity (Wildman–Crippen MR) is 69.1 cm³/mol. The Balaban J connectivity index is 1.62. The molecule has 0 aromatic carbocycles. The van der Waals surface area contributed by atoms with Crippen molar-refractivity contribution in [3.05, 3.63) is 5.82 Å². The standard InChI is InChI=1S/C11H17N5OS/c17-10-8-18-11-13-12-9(16(11)14-10)4-7-15-5-2-1-3-6-15/h1-8H2,(H,14,17). The van der Waals surface area contributed by atoms with E-state index in [2.05, 4.69) is 20.5 Å². The first-order chi connectivity index (χ1) is 8.83. The van der Waals surface area contributed by atoms with Crippen LogP contribution in [0.3, 0.4) is 0 Å². The van der Waals surface area contributed by atoms with Crippen LogP contribution in [0.2, 0.25) is 0 Å². The van der Waals surface area contributed by atoms with E-state index in [4.69, 9.17) is 0 Å². The van der Waals surface area contributed by atoms with Crippen molar-refractivity contribution < 1.29 is 4.79 Å². The number of hydrogen-bond acceptors (Lipinski definition) is 5. The maximum atomic E-state index is 11.4. The van der Waals surface area contributed by atoms with E-state index in [1.54, 1.807) is 4.68 Å². The summed E-state index contributed by atoms with van der Waals surface area (Å²) in [5.74, 6) is 1.31. The van der Waals surface area contributed by atoms with Gasteiger partial charge in [-0.3, -0.25) is 10.2 Å². The molecule has 1 aromatic heterocycles. The van der Waals surface area contributed by atoms with Gasteiger partial charge in [0.15, 0.2) is 5.82 Å². The Morgan fingerprint density at radius 1 is 1.22 bits per heavy atom. The molecule has 2 aliphatic heterocycles. The number of piperidine rings is 1. The number of likely N-dealkylation sites (tertiary alicyclic amines) is 1. The molecule has 0 bridgehead atoms. The van der Waals surface area contributed by atoms with Crippen LogP contribution in [0, 0.1) is 0 Å². The van der Waals surface area contributed by atoms with Crippen molar-refractivity contribution in [1.29, 1.82) is 0 Å². The minimum Gasteiger partial charge on any atom is -0.303 e. The molecule has 1 fully saturated rings. The molecule has 7 heteroatoms. The molecule has 0 unspecified atom stereocenters. The molecule has 1 aromatic rings. The molecular formula is C11H17N5OS. The van der Waals surface area contributed by atoms with Gasteiger partial charge in [-0.2, -0.15) is 0 Å². The van der Waals surface area contributed by atoms with E-state index in [0.717, 1.165) is 23.9 Å². The molecule has 0 spiro atoms. The second-order valence-corrected chi connectivity index (χ2v) is 5.65. The summed E-state index contributed by atoms with van der Waals surface area (Å²) in [6.45, 7) is 3.36. The van der Waals surface area contributed by atoms with Crippen LogP contribution in [0.25, 0.3) is 0 Å². The third kappa shape index (κ3) is 2.51. The molecule has 18 heavy (non-hydrogen) atoms. The average Bonchev–Trinajstić information content (AvgIpc) is 2.80. The highest BCUT2D eigenvalue weighted by molar-refractivity contribution is 7.99. The van der Waals surface area contributed by atoms with Gasteiger partial charge in [0.1, 0.15) is 0 Å². The first-order valence-electron chi connectivity index (χ1n) is 6.42. The minimum absolute atomic E-state index is 0.0199. The first kappa shape index (κ1) is 12.0. The van der Waals surface area contributed by atoms with Crippen LogP contribution >= 0.6 is 11.8 Å². The van der Waals surface area contributed by atoms with E-state index in [0.29, 0.717) is 5.75 Å². The molecule has 3 rings (SSSR count). The number of carbonyl (C=O) groups excluding carboxylic acids is 1. The minimum atomic E-state index is 0.0199. The third-order valence-corrected chi connectivity index (χ3v) is 4.30. The van der Waals surface area contributed by atoms with Gasteiger partial charge < -0.3 is 4.90 Å². The summed E-state index contributed by atoms with van der Waals surface area (Å²) in [5.41, 5.74) is 2.81. The van der Waals surface area contributed by atoms with Crippen LogP contribution in [-0.2, 0) is 11.2 Å². The second kappa shape index (κ2) is 5.27. The third-order valence-electron chi connectivity index (χ3n) is 3.37. The van der Waals surface area contributed by atoms with Crippen LogP contribution in [0.1, 0.15) is 25.1 Å². The molecule has 1 saturated heterocycles. The summed E-state index contributed by atoms with van der Waals surface area (Å²) in [4.78, 5) is 13.8. The van der Waals surface area contributed by atoms with Crippen LogP contribution in [0.5, 0.6) is 0 Å². The van der Waals surface area contributed by atoms with Crippen molar-refractivity contribution in [1.82, 2.24) is 19.8 Å². The summed E-state index contributed by atoms with van der Waals surface area (Å²) in [6, 6.07) is 0. The number of nitrogens with one attached hydrogen (secondary N) is 1. The molecule has 3 heterocycles. The van der Waals surface area contributed by atoms with Crippen LogP contribution in [-0.4, -0.2) is 51.1 Å². The lowest BCUT2D eigenvalue weighted by Crippen LogP contribution is -2.34. The molecular weight excluding hydrogens is 250 g/mol. The molecule has 0 aliphatic carbocycles. The Bertz CT molecular complexity index is 441. The normalized spacial score (nSPS) is 20.6. The van der Waals surface area contributed by atoms with Gasteiger partial charge >= 0.3 is 0 Å². The lowest BCUT2D eigenvalue weighted by molar-refractivity contribution is -0.115. The summed E-state index contributed by atoms with van der Waals surface area (Å²) in [6.07, 6.45) is 4.78. The second-order valence-electron chi connectivity index (χ2n) is 4.71. The lowest BCUT2D eigenvalue weighted by atomic mass is 10.1. The molecule has 0 saturated carbocycles. The van der Waals surface area contributed by atoms with Crippen LogP contribution in [0.4, 0.5) is 0 Å². The van der Waals surface area contributed by atoms with Gasteiger partial charge in [0.05, 0.1) is 5.75 Å². The summed E-state index contributed by atoms with van der Waals surface area (Å²) in [7, 11) is 0. The fourth-order valence-electron chi connectivity index (χ4n) is 2.40. The van der Waals surface area contributed by atoms with E-state index >= 15 is 0 Å².